The molecule has 0 aromatic rings. The quantitative estimate of drug-likeness (QED) is 0.595. The van der Waals surface area contributed by atoms with Crippen molar-refractivity contribution in [3.05, 3.63) is 11.9 Å². The summed E-state index contributed by atoms with van der Waals surface area (Å²) in [7, 11) is 2.05. The summed E-state index contributed by atoms with van der Waals surface area (Å²) < 4.78 is 3.22. The Bertz CT molecular complexity index is 251. The van der Waals surface area contributed by atoms with Gasteiger partial charge in [-0.25, -0.2) is 0 Å². The summed E-state index contributed by atoms with van der Waals surface area (Å²) in [5, 5.41) is 7.84. The van der Waals surface area contributed by atoms with Crippen LogP contribution in [-0.2, 0) is 0 Å². The molecular formula is C8H14N4S. The molecule has 2 heterocycles. The van der Waals surface area contributed by atoms with Crippen LogP contribution in [0, 0.1) is 5.41 Å². The van der Waals surface area contributed by atoms with E-state index in [9.17, 15) is 0 Å². The molecule has 0 bridgehead atoms. The molecule has 2 aliphatic heterocycles. The number of nitrogens with zero attached hydrogens (tertiary/aromatic N) is 2. The Labute approximate surface area is 82.6 Å². The second-order valence-corrected chi connectivity index (χ2v) is 4.16. The van der Waals surface area contributed by atoms with Gasteiger partial charge in [-0.2, -0.15) is 0 Å². The van der Waals surface area contributed by atoms with Crippen LogP contribution in [0.4, 0.5) is 0 Å². The fourth-order valence-electron chi connectivity index (χ4n) is 1.53. The van der Waals surface area contributed by atoms with Crippen LogP contribution in [0.1, 0.15) is 0 Å². The second-order valence-electron chi connectivity index (χ2n) is 3.34. The average Bonchev–Trinajstić information content (AvgIpc) is 2.56. The van der Waals surface area contributed by atoms with E-state index in [1.54, 1.807) is 11.9 Å². The number of hydrogen-bond acceptors (Lipinski definition) is 4. The van der Waals surface area contributed by atoms with Gasteiger partial charge in [-0.1, -0.05) is 0 Å². The fraction of sp³-hybridized carbons (Fsp3) is 0.625. The summed E-state index contributed by atoms with van der Waals surface area (Å²) in [5.74, 6) is 2.80. The highest BCUT2D eigenvalue weighted by Gasteiger charge is 2.22. The summed E-state index contributed by atoms with van der Waals surface area (Å²) in [6, 6.07) is 0. The van der Waals surface area contributed by atoms with E-state index in [4.69, 9.17) is 5.41 Å². The third kappa shape index (κ3) is 1.81. The zero-order chi connectivity index (χ0) is 9.26. The van der Waals surface area contributed by atoms with Crippen molar-refractivity contribution in [2.24, 2.45) is 0 Å². The monoisotopic (exact) mass is 198 g/mol. The molecule has 0 aromatic carbocycles. The number of rotatable bonds is 1. The lowest BCUT2D eigenvalue weighted by Crippen LogP contribution is -2.48. The molecule has 4 nitrogen and oxygen atoms in total. The maximum Gasteiger partial charge on any atom is 0.116 e. The van der Waals surface area contributed by atoms with Gasteiger partial charge >= 0.3 is 0 Å². The van der Waals surface area contributed by atoms with E-state index >= 15 is 0 Å². The third-order valence-corrected chi connectivity index (χ3v) is 2.97. The fourth-order valence-corrected chi connectivity index (χ4v) is 2.20. The molecule has 5 heteroatoms. The van der Waals surface area contributed by atoms with Gasteiger partial charge in [0.25, 0.3) is 0 Å². The van der Waals surface area contributed by atoms with Crippen LogP contribution in [0.25, 0.3) is 0 Å². The van der Waals surface area contributed by atoms with Gasteiger partial charge in [0.2, 0.25) is 0 Å². The molecular weight excluding hydrogens is 184 g/mol. The molecule has 0 aromatic heterocycles. The highest BCUT2D eigenvalue weighted by molar-refractivity contribution is 7.97. The first-order valence-electron chi connectivity index (χ1n) is 4.39. The zero-order valence-corrected chi connectivity index (χ0v) is 8.52. The first kappa shape index (κ1) is 8.90. The molecule has 0 spiro atoms. The van der Waals surface area contributed by atoms with Crippen molar-refractivity contribution >= 4 is 17.8 Å². The normalized spacial score (nSPS) is 24.5. The van der Waals surface area contributed by atoms with Gasteiger partial charge in [-0.05, 0) is 25.1 Å². The Morgan fingerprint density at radius 2 is 2.38 bits per heavy atom. The van der Waals surface area contributed by atoms with E-state index in [1.165, 1.54) is 0 Å². The molecule has 72 valence electrons. The Hall–Kier alpha value is -0.680. The Kier molecular flexibility index (Phi) is 2.46. The van der Waals surface area contributed by atoms with Crippen LogP contribution < -0.4 is 4.72 Å². The number of amidine groups is 1. The standard InChI is InChI=1S/C8H14N4S/c1-11-3-4-12(7(9)6-11)8-2-5-13-10-8/h2,9-10H,3-6H2,1H3. The summed E-state index contributed by atoms with van der Waals surface area (Å²) in [6.45, 7) is 2.71. The van der Waals surface area contributed by atoms with Crippen molar-refractivity contribution in [2.75, 3.05) is 32.4 Å². The highest BCUT2D eigenvalue weighted by atomic mass is 32.2. The molecule has 0 aliphatic carbocycles. The number of piperazine rings is 1. The predicted octanol–water partition coefficient (Wildman–Crippen LogP) is 0.304. The minimum absolute atomic E-state index is 0.690. The van der Waals surface area contributed by atoms with Crippen molar-refractivity contribution in [3.63, 3.8) is 0 Å². The summed E-state index contributed by atoms with van der Waals surface area (Å²) >= 11 is 1.68. The lowest BCUT2D eigenvalue weighted by Gasteiger charge is -2.34. The van der Waals surface area contributed by atoms with Crippen molar-refractivity contribution in [1.29, 1.82) is 5.41 Å². The highest BCUT2D eigenvalue weighted by Crippen LogP contribution is 2.16. The summed E-state index contributed by atoms with van der Waals surface area (Å²) in [6.07, 6.45) is 2.14. The molecule has 13 heavy (non-hydrogen) atoms. The topological polar surface area (TPSA) is 42.4 Å². The predicted molar refractivity (Wildman–Crippen MR) is 55.6 cm³/mol. The maximum atomic E-state index is 7.84. The van der Waals surface area contributed by atoms with Gasteiger partial charge in [0.05, 0.1) is 6.54 Å². The largest absolute Gasteiger partial charge is 0.316 e. The molecule has 0 unspecified atom stereocenters. The van der Waals surface area contributed by atoms with Gasteiger partial charge in [-0.15, -0.1) is 0 Å². The van der Waals surface area contributed by atoms with Gasteiger partial charge in [0.1, 0.15) is 11.7 Å². The van der Waals surface area contributed by atoms with E-state index < -0.39 is 0 Å². The zero-order valence-electron chi connectivity index (χ0n) is 7.71. The Morgan fingerprint density at radius 3 is 3.00 bits per heavy atom. The van der Waals surface area contributed by atoms with Crippen molar-refractivity contribution in [1.82, 2.24) is 14.5 Å². The second kappa shape index (κ2) is 3.59. The number of likely N-dealkylation sites (N-methyl/N-ethyl adjacent to an activating group) is 1. The molecule has 0 saturated carbocycles. The number of hydrogen-bond donors (Lipinski definition) is 2. The summed E-state index contributed by atoms with van der Waals surface area (Å²) in [4.78, 5) is 4.22. The minimum atomic E-state index is 0.690. The van der Waals surface area contributed by atoms with Crippen molar-refractivity contribution < 1.29 is 0 Å². The van der Waals surface area contributed by atoms with Gasteiger partial charge in [-0.3, -0.25) is 10.3 Å². The third-order valence-electron chi connectivity index (χ3n) is 2.28. The van der Waals surface area contributed by atoms with Crippen LogP contribution in [0.15, 0.2) is 11.9 Å². The van der Waals surface area contributed by atoms with E-state index in [1.807, 2.05) is 0 Å². The SMILES string of the molecule is CN1CCN(C2=CCSN2)C(=N)C1. The first-order chi connectivity index (χ1) is 6.27. The van der Waals surface area contributed by atoms with Crippen LogP contribution in [-0.4, -0.2) is 48.1 Å². The lowest BCUT2D eigenvalue weighted by atomic mass is 10.3. The number of nitrogens with one attached hydrogen (secondary N) is 2. The van der Waals surface area contributed by atoms with Crippen LogP contribution in [0.2, 0.25) is 0 Å². The molecule has 2 aliphatic rings. The molecule has 1 saturated heterocycles. The molecule has 2 rings (SSSR count). The van der Waals surface area contributed by atoms with Crippen LogP contribution in [0.3, 0.4) is 0 Å². The molecule has 0 amide bonds. The average molecular weight is 198 g/mol. The molecule has 0 atom stereocenters. The van der Waals surface area contributed by atoms with Gasteiger partial charge < -0.3 is 9.62 Å². The van der Waals surface area contributed by atoms with Crippen LogP contribution in [0.5, 0.6) is 0 Å². The van der Waals surface area contributed by atoms with E-state index in [2.05, 4.69) is 27.6 Å². The first-order valence-corrected chi connectivity index (χ1v) is 5.37. The molecule has 0 radical (unpaired) electrons. The van der Waals surface area contributed by atoms with Gasteiger partial charge in [0.15, 0.2) is 0 Å². The Morgan fingerprint density at radius 1 is 1.54 bits per heavy atom. The molecule has 1 fully saturated rings. The lowest BCUT2D eigenvalue weighted by molar-refractivity contribution is 0.288. The Balaban J connectivity index is 2.03. The summed E-state index contributed by atoms with van der Waals surface area (Å²) in [5.41, 5.74) is 0. The maximum absolute atomic E-state index is 7.84. The molecule has 2 N–H and O–H groups in total. The van der Waals surface area contributed by atoms with E-state index in [-0.39, 0.29) is 0 Å². The van der Waals surface area contributed by atoms with Crippen molar-refractivity contribution in [3.8, 4) is 0 Å². The minimum Gasteiger partial charge on any atom is -0.316 e. The van der Waals surface area contributed by atoms with E-state index in [0.29, 0.717) is 5.84 Å². The van der Waals surface area contributed by atoms with Crippen molar-refractivity contribution in [2.45, 2.75) is 0 Å². The van der Waals surface area contributed by atoms with Gasteiger partial charge in [0, 0.05) is 18.8 Å². The van der Waals surface area contributed by atoms with E-state index in [0.717, 1.165) is 31.2 Å². The van der Waals surface area contributed by atoms with Crippen LogP contribution >= 0.6 is 11.9 Å². The smallest absolute Gasteiger partial charge is 0.116 e.